The van der Waals surface area contributed by atoms with Gasteiger partial charge in [-0.15, -0.1) is 0 Å². The van der Waals surface area contributed by atoms with Crippen LogP contribution in [0.25, 0.3) is 0 Å². The zero-order chi connectivity index (χ0) is 22.6. The standard InChI is InChI=1S/C25H27N3O3S/c26-32(30,31)22-14-12-19(13-15-22)16-17-27-24(21-8-2-1-3-9-21)25(29)28-18-6-10-20-7-4-5-11-23(20)28/h1-5,7-9,11-15,24,27H,6,10,16-18H2,(H2,26,30,31). The van der Waals surface area contributed by atoms with E-state index in [1.165, 1.54) is 17.7 Å². The fraction of sp³-hybridized carbons (Fsp3) is 0.240. The van der Waals surface area contributed by atoms with E-state index in [-0.39, 0.29) is 10.8 Å². The van der Waals surface area contributed by atoms with Crippen LogP contribution >= 0.6 is 0 Å². The fourth-order valence-corrected chi connectivity index (χ4v) is 4.63. The summed E-state index contributed by atoms with van der Waals surface area (Å²) in [6.45, 7) is 1.27. The molecule has 6 nitrogen and oxygen atoms in total. The summed E-state index contributed by atoms with van der Waals surface area (Å²) in [5.41, 5.74) is 4.08. The molecule has 0 bridgehead atoms. The second kappa shape index (κ2) is 9.65. The lowest BCUT2D eigenvalue weighted by Crippen LogP contribution is -2.43. The van der Waals surface area contributed by atoms with E-state index in [9.17, 15) is 13.2 Å². The van der Waals surface area contributed by atoms with E-state index in [4.69, 9.17) is 5.14 Å². The normalized spacial score (nSPS) is 14.6. The molecule has 1 aliphatic heterocycles. The van der Waals surface area contributed by atoms with Crippen LogP contribution in [0.15, 0.2) is 83.8 Å². The number of amides is 1. The van der Waals surface area contributed by atoms with Gasteiger partial charge in [0.1, 0.15) is 6.04 Å². The summed E-state index contributed by atoms with van der Waals surface area (Å²) in [6.07, 6.45) is 2.58. The number of hydrogen-bond donors (Lipinski definition) is 2. The number of nitrogens with one attached hydrogen (secondary N) is 1. The van der Waals surface area contributed by atoms with E-state index < -0.39 is 16.1 Å². The van der Waals surface area contributed by atoms with Crippen LogP contribution in [0.5, 0.6) is 0 Å². The molecular formula is C25H27N3O3S. The van der Waals surface area contributed by atoms with E-state index in [1.54, 1.807) is 12.1 Å². The SMILES string of the molecule is NS(=O)(=O)c1ccc(CCNC(C(=O)N2CCCc3ccccc32)c2ccccc2)cc1. The zero-order valence-electron chi connectivity index (χ0n) is 17.8. The van der Waals surface area contributed by atoms with Crippen LogP contribution in [0.3, 0.4) is 0 Å². The molecule has 7 heteroatoms. The van der Waals surface area contributed by atoms with Gasteiger partial charge in [0.15, 0.2) is 0 Å². The second-order valence-corrected chi connectivity index (χ2v) is 9.52. The van der Waals surface area contributed by atoms with E-state index in [0.717, 1.165) is 29.7 Å². The number of fused-ring (bicyclic) bond motifs is 1. The van der Waals surface area contributed by atoms with Gasteiger partial charge in [0.25, 0.3) is 0 Å². The highest BCUT2D eigenvalue weighted by molar-refractivity contribution is 7.89. The Morgan fingerprint density at radius 1 is 0.969 bits per heavy atom. The molecule has 0 saturated heterocycles. The number of carbonyl (C=O) groups is 1. The quantitative estimate of drug-likeness (QED) is 0.579. The van der Waals surface area contributed by atoms with Gasteiger partial charge in [0, 0.05) is 18.8 Å². The van der Waals surface area contributed by atoms with Gasteiger partial charge in [0.05, 0.1) is 4.90 Å². The molecule has 0 fully saturated rings. The van der Waals surface area contributed by atoms with Crippen molar-refractivity contribution in [1.29, 1.82) is 0 Å². The highest BCUT2D eigenvalue weighted by Gasteiger charge is 2.29. The number of aryl methyl sites for hydroxylation is 1. The van der Waals surface area contributed by atoms with Crippen molar-refractivity contribution in [3.8, 4) is 0 Å². The number of benzene rings is 3. The molecule has 1 unspecified atom stereocenters. The molecule has 3 N–H and O–H groups in total. The van der Waals surface area contributed by atoms with Crippen LogP contribution < -0.4 is 15.4 Å². The molecule has 3 aromatic rings. The number of nitrogens with two attached hydrogens (primary N) is 1. The summed E-state index contributed by atoms with van der Waals surface area (Å²) >= 11 is 0. The van der Waals surface area contributed by atoms with Gasteiger partial charge in [-0.3, -0.25) is 4.79 Å². The largest absolute Gasteiger partial charge is 0.310 e. The van der Waals surface area contributed by atoms with Gasteiger partial charge in [-0.05, 0) is 54.2 Å². The van der Waals surface area contributed by atoms with Gasteiger partial charge in [-0.1, -0.05) is 60.7 Å². The van der Waals surface area contributed by atoms with E-state index in [0.29, 0.717) is 19.5 Å². The highest BCUT2D eigenvalue weighted by Crippen LogP contribution is 2.29. The van der Waals surface area contributed by atoms with Crippen molar-refractivity contribution >= 4 is 21.6 Å². The molecule has 0 saturated carbocycles. The predicted molar refractivity (Wildman–Crippen MR) is 126 cm³/mol. The minimum absolute atomic E-state index is 0.0351. The molecule has 3 aromatic carbocycles. The number of hydrogen-bond acceptors (Lipinski definition) is 4. The molecule has 0 radical (unpaired) electrons. The number of para-hydroxylation sites is 1. The minimum atomic E-state index is -3.70. The van der Waals surface area contributed by atoms with E-state index in [2.05, 4.69) is 11.4 Å². The third-order valence-electron chi connectivity index (χ3n) is 5.77. The molecule has 0 aliphatic carbocycles. The van der Waals surface area contributed by atoms with Crippen LogP contribution in [-0.2, 0) is 27.7 Å². The Morgan fingerprint density at radius 3 is 2.38 bits per heavy atom. The van der Waals surface area contributed by atoms with Crippen molar-refractivity contribution in [3.05, 3.63) is 95.6 Å². The van der Waals surface area contributed by atoms with Crippen molar-refractivity contribution in [2.24, 2.45) is 5.14 Å². The first kappa shape index (κ1) is 22.2. The lowest BCUT2D eigenvalue weighted by atomic mass is 9.99. The predicted octanol–water partition coefficient (Wildman–Crippen LogP) is 3.19. The summed E-state index contributed by atoms with van der Waals surface area (Å²) in [5.74, 6) is 0.0351. The molecule has 0 spiro atoms. The van der Waals surface area contributed by atoms with Crippen LogP contribution in [0.2, 0.25) is 0 Å². The number of primary sulfonamides is 1. The number of nitrogens with zero attached hydrogens (tertiary/aromatic N) is 1. The first-order valence-corrected chi connectivity index (χ1v) is 12.3. The minimum Gasteiger partial charge on any atom is -0.310 e. The molecular weight excluding hydrogens is 422 g/mol. The third-order valence-corrected chi connectivity index (χ3v) is 6.70. The van der Waals surface area contributed by atoms with Crippen LogP contribution in [0.4, 0.5) is 5.69 Å². The molecule has 4 rings (SSSR count). The van der Waals surface area contributed by atoms with Crippen LogP contribution in [0, 0.1) is 0 Å². The second-order valence-electron chi connectivity index (χ2n) is 7.96. The summed E-state index contributed by atoms with van der Waals surface area (Å²) < 4.78 is 22.9. The van der Waals surface area contributed by atoms with Gasteiger partial charge in [0.2, 0.25) is 15.9 Å². The zero-order valence-corrected chi connectivity index (χ0v) is 18.6. The number of rotatable bonds is 7. The Kier molecular flexibility index (Phi) is 6.69. The first-order chi connectivity index (χ1) is 15.4. The maximum absolute atomic E-state index is 13.6. The van der Waals surface area contributed by atoms with Gasteiger partial charge in [-0.25, -0.2) is 13.6 Å². The Labute approximate surface area is 189 Å². The monoisotopic (exact) mass is 449 g/mol. The van der Waals surface area contributed by atoms with Crippen molar-refractivity contribution in [3.63, 3.8) is 0 Å². The smallest absolute Gasteiger partial charge is 0.248 e. The first-order valence-electron chi connectivity index (χ1n) is 10.7. The van der Waals surface area contributed by atoms with Gasteiger partial charge in [-0.2, -0.15) is 0 Å². The lowest BCUT2D eigenvalue weighted by molar-refractivity contribution is -0.120. The summed E-state index contributed by atoms with van der Waals surface area (Å²) in [7, 11) is -3.70. The molecule has 1 amide bonds. The molecule has 1 aliphatic rings. The fourth-order valence-electron chi connectivity index (χ4n) is 4.12. The molecule has 32 heavy (non-hydrogen) atoms. The number of anilines is 1. The average Bonchev–Trinajstić information content (AvgIpc) is 2.81. The Hall–Kier alpha value is -3.00. The highest BCUT2D eigenvalue weighted by atomic mass is 32.2. The van der Waals surface area contributed by atoms with Crippen LogP contribution in [0.1, 0.15) is 29.2 Å². The maximum Gasteiger partial charge on any atom is 0.248 e. The third kappa shape index (κ3) is 5.07. The topological polar surface area (TPSA) is 92.5 Å². The molecule has 166 valence electrons. The summed E-state index contributed by atoms with van der Waals surface area (Å²) in [4.78, 5) is 15.6. The Bertz CT molecular complexity index is 1180. The number of carbonyl (C=O) groups excluding carboxylic acids is 1. The van der Waals surface area contributed by atoms with Crippen molar-refractivity contribution in [2.75, 3.05) is 18.0 Å². The van der Waals surface area contributed by atoms with Crippen molar-refractivity contribution < 1.29 is 13.2 Å². The number of sulfonamides is 1. The van der Waals surface area contributed by atoms with Crippen LogP contribution in [-0.4, -0.2) is 27.4 Å². The average molecular weight is 450 g/mol. The molecule has 0 aromatic heterocycles. The maximum atomic E-state index is 13.6. The Morgan fingerprint density at radius 2 is 1.66 bits per heavy atom. The van der Waals surface area contributed by atoms with Gasteiger partial charge >= 0.3 is 0 Å². The lowest BCUT2D eigenvalue weighted by Gasteiger charge is -2.33. The molecule has 1 heterocycles. The van der Waals surface area contributed by atoms with Gasteiger partial charge < -0.3 is 10.2 Å². The molecule has 1 atom stereocenters. The van der Waals surface area contributed by atoms with E-state index >= 15 is 0 Å². The van der Waals surface area contributed by atoms with E-state index in [1.807, 2.05) is 53.4 Å². The van der Waals surface area contributed by atoms with Crippen molar-refractivity contribution in [1.82, 2.24) is 5.32 Å². The summed E-state index contributed by atoms with van der Waals surface area (Å²) in [5, 5.41) is 8.59. The van der Waals surface area contributed by atoms with Crippen molar-refractivity contribution in [2.45, 2.75) is 30.2 Å². The Balaban J connectivity index is 1.50. The summed E-state index contributed by atoms with van der Waals surface area (Å²) in [6, 6.07) is 23.9.